The lowest BCUT2D eigenvalue weighted by atomic mass is 9.91. The number of fused-ring (bicyclic) bond motifs is 1. The van der Waals surface area contributed by atoms with Gasteiger partial charge in [0.05, 0.1) is 18.8 Å². The minimum Gasteiger partial charge on any atom is -0.501 e. The SMILES string of the molecule is C#CCCCNC(=O)c1ccc2cc(NC(=O)C3CC(=O)C=C(OC)C3)ccc2c1. The molecular weight excluding hydrogens is 380 g/mol. The molecule has 0 spiro atoms. The van der Waals surface area contributed by atoms with Crippen molar-refractivity contribution >= 4 is 34.1 Å². The van der Waals surface area contributed by atoms with E-state index in [1.807, 2.05) is 24.3 Å². The van der Waals surface area contributed by atoms with Gasteiger partial charge in [-0.3, -0.25) is 14.4 Å². The molecule has 2 aromatic carbocycles. The van der Waals surface area contributed by atoms with Crippen LogP contribution in [0.4, 0.5) is 5.69 Å². The maximum atomic E-state index is 12.6. The molecule has 2 aromatic rings. The van der Waals surface area contributed by atoms with E-state index in [2.05, 4.69) is 16.6 Å². The number of amides is 2. The molecule has 154 valence electrons. The highest BCUT2D eigenvalue weighted by atomic mass is 16.5. The Kier molecular flexibility index (Phi) is 6.87. The summed E-state index contributed by atoms with van der Waals surface area (Å²) in [6.07, 6.45) is 8.61. The van der Waals surface area contributed by atoms with Crippen molar-refractivity contribution in [1.82, 2.24) is 5.32 Å². The minimum absolute atomic E-state index is 0.109. The molecule has 0 aliphatic heterocycles. The van der Waals surface area contributed by atoms with E-state index in [9.17, 15) is 14.4 Å². The lowest BCUT2D eigenvalue weighted by molar-refractivity contribution is -0.125. The first-order chi connectivity index (χ1) is 14.5. The number of terminal acetylenes is 1. The standard InChI is InChI=1S/C24H24N2O4/c1-3-4-5-10-25-23(28)18-7-6-17-12-20(9-8-16(17)11-18)26-24(29)19-13-21(27)15-22(14-19)30-2/h1,6-9,11-12,15,19H,4-5,10,13-14H2,2H3,(H,25,28)(H,26,29). The van der Waals surface area contributed by atoms with Crippen molar-refractivity contribution in [3.05, 3.63) is 53.8 Å². The van der Waals surface area contributed by atoms with Crippen LogP contribution in [0.25, 0.3) is 10.8 Å². The number of anilines is 1. The Labute approximate surface area is 175 Å². The van der Waals surface area contributed by atoms with E-state index in [0.29, 0.717) is 36.4 Å². The van der Waals surface area contributed by atoms with Gasteiger partial charge in [-0.1, -0.05) is 12.1 Å². The molecule has 1 unspecified atom stereocenters. The number of hydrogen-bond donors (Lipinski definition) is 2. The highest BCUT2D eigenvalue weighted by Crippen LogP contribution is 2.25. The molecule has 0 bridgehead atoms. The maximum absolute atomic E-state index is 12.6. The zero-order chi connectivity index (χ0) is 21.5. The molecule has 2 N–H and O–H groups in total. The summed E-state index contributed by atoms with van der Waals surface area (Å²) in [6, 6.07) is 10.9. The molecule has 6 nitrogen and oxygen atoms in total. The highest BCUT2D eigenvalue weighted by Gasteiger charge is 2.27. The van der Waals surface area contributed by atoms with Crippen molar-refractivity contribution in [3.63, 3.8) is 0 Å². The molecule has 0 saturated heterocycles. The van der Waals surface area contributed by atoms with Crippen LogP contribution in [-0.4, -0.2) is 31.3 Å². The molecule has 0 fully saturated rings. The normalized spacial score (nSPS) is 15.8. The predicted octanol–water partition coefficient (Wildman–Crippen LogP) is 3.43. The molecule has 6 heteroatoms. The molecule has 2 amide bonds. The number of ether oxygens (including phenoxy) is 1. The lowest BCUT2D eigenvalue weighted by Gasteiger charge is -2.20. The molecular formula is C24H24N2O4. The number of allylic oxidation sites excluding steroid dienone is 2. The topological polar surface area (TPSA) is 84.5 Å². The van der Waals surface area contributed by atoms with Crippen molar-refractivity contribution in [3.8, 4) is 12.3 Å². The Balaban J connectivity index is 1.66. The zero-order valence-electron chi connectivity index (χ0n) is 16.9. The van der Waals surface area contributed by atoms with E-state index in [-0.39, 0.29) is 24.0 Å². The molecule has 3 rings (SSSR count). The molecule has 0 radical (unpaired) electrons. The molecule has 0 saturated carbocycles. The number of methoxy groups -OCH3 is 1. The van der Waals surface area contributed by atoms with Gasteiger partial charge in [0.25, 0.3) is 5.91 Å². The minimum atomic E-state index is -0.450. The molecule has 1 aliphatic carbocycles. The summed E-state index contributed by atoms with van der Waals surface area (Å²) in [5, 5.41) is 7.51. The van der Waals surface area contributed by atoms with Crippen LogP contribution in [-0.2, 0) is 14.3 Å². The van der Waals surface area contributed by atoms with Gasteiger partial charge in [0, 0.05) is 43.1 Å². The third-order valence-corrected chi connectivity index (χ3v) is 5.00. The average Bonchev–Trinajstić information content (AvgIpc) is 2.75. The first kappa shape index (κ1) is 21.1. The van der Waals surface area contributed by atoms with E-state index in [1.165, 1.54) is 13.2 Å². The van der Waals surface area contributed by atoms with Crippen LogP contribution in [0.5, 0.6) is 0 Å². The van der Waals surface area contributed by atoms with Crippen molar-refractivity contribution in [1.29, 1.82) is 0 Å². The highest BCUT2D eigenvalue weighted by molar-refractivity contribution is 6.02. The van der Waals surface area contributed by atoms with E-state index in [0.717, 1.165) is 17.2 Å². The van der Waals surface area contributed by atoms with Crippen LogP contribution in [0.1, 0.15) is 36.0 Å². The number of rotatable bonds is 7. The molecule has 30 heavy (non-hydrogen) atoms. The van der Waals surface area contributed by atoms with Gasteiger partial charge in [0.15, 0.2) is 5.78 Å². The largest absolute Gasteiger partial charge is 0.501 e. The predicted molar refractivity (Wildman–Crippen MR) is 116 cm³/mol. The quantitative estimate of drug-likeness (QED) is 0.547. The molecule has 1 aliphatic rings. The van der Waals surface area contributed by atoms with E-state index < -0.39 is 5.92 Å². The van der Waals surface area contributed by atoms with Gasteiger partial charge in [0.2, 0.25) is 5.91 Å². The molecule has 1 atom stereocenters. The van der Waals surface area contributed by atoms with Crippen molar-refractivity contribution in [2.45, 2.75) is 25.7 Å². The van der Waals surface area contributed by atoms with Crippen LogP contribution in [0.2, 0.25) is 0 Å². The summed E-state index contributed by atoms with van der Waals surface area (Å²) in [4.78, 5) is 36.6. The number of hydrogen-bond acceptors (Lipinski definition) is 4. The number of unbranched alkanes of at least 4 members (excludes halogenated alkanes) is 1. The summed E-state index contributed by atoms with van der Waals surface area (Å²) in [7, 11) is 1.49. The van der Waals surface area contributed by atoms with Gasteiger partial charge in [-0.2, -0.15) is 0 Å². The Hall–Kier alpha value is -3.59. The third-order valence-electron chi connectivity index (χ3n) is 5.00. The van der Waals surface area contributed by atoms with Gasteiger partial charge in [-0.15, -0.1) is 12.3 Å². The zero-order valence-corrected chi connectivity index (χ0v) is 16.9. The summed E-state index contributed by atoms with van der Waals surface area (Å²) in [5.41, 5.74) is 1.21. The van der Waals surface area contributed by atoms with Crippen LogP contribution in [0.15, 0.2) is 48.2 Å². The van der Waals surface area contributed by atoms with E-state index in [4.69, 9.17) is 11.2 Å². The number of nitrogens with one attached hydrogen (secondary N) is 2. The van der Waals surface area contributed by atoms with Crippen molar-refractivity contribution in [2.75, 3.05) is 19.0 Å². The van der Waals surface area contributed by atoms with Crippen molar-refractivity contribution in [2.24, 2.45) is 5.92 Å². The molecule has 0 aromatic heterocycles. The fraction of sp³-hybridized carbons (Fsp3) is 0.292. The number of benzene rings is 2. The fourth-order valence-electron chi connectivity index (χ4n) is 3.39. The maximum Gasteiger partial charge on any atom is 0.251 e. The second-order valence-corrected chi connectivity index (χ2v) is 7.22. The first-order valence-electron chi connectivity index (χ1n) is 9.84. The van der Waals surface area contributed by atoms with Gasteiger partial charge in [-0.05, 0) is 41.5 Å². The number of ketones is 1. The third kappa shape index (κ3) is 5.26. The Morgan fingerprint density at radius 2 is 1.93 bits per heavy atom. The van der Waals surface area contributed by atoms with Crippen LogP contribution in [0.3, 0.4) is 0 Å². The van der Waals surface area contributed by atoms with E-state index >= 15 is 0 Å². The summed E-state index contributed by atoms with van der Waals surface area (Å²) < 4.78 is 5.14. The Bertz CT molecular complexity index is 1050. The number of carbonyl (C=O) groups excluding carboxylic acids is 3. The summed E-state index contributed by atoms with van der Waals surface area (Å²) in [5.74, 6) is 2.15. The van der Waals surface area contributed by atoms with Crippen LogP contribution >= 0.6 is 0 Å². The second kappa shape index (κ2) is 9.75. The van der Waals surface area contributed by atoms with Gasteiger partial charge < -0.3 is 15.4 Å². The van der Waals surface area contributed by atoms with Crippen LogP contribution < -0.4 is 10.6 Å². The first-order valence-corrected chi connectivity index (χ1v) is 9.84. The van der Waals surface area contributed by atoms with Gasteiger partial charge in [-0.25, -0.2) is 0 Å². The average molecular weight is 404 g/mol. The molecule has 0 heterocycles. The second-order valence-electron chi connectivity index (χ2n) is 7.22. The Morgan fingerprint density at radius 1 is 1.17 bits per heavy atom. The van der Waals surface area contributed by atoms with Gasteiger partial charge >= 0.3 is 0 Å². The summed E-state index contributed by atoms with van der Waals surface area (Å²) >= 11 is 0. The van der Waals surface area contributed by atoms with E-state index in [1.54, 1.807) is 12.1 Å². The fourth-order valence-corrected chi connectivity index (χ4v) is 3.39. The lowest BCUT2D eigenvalue weighted by Crippen LogP contribution is -2.28. The van der Waals surface area contributed by atoms with Crippen LogP contribution in [0, 0.1) is 18.3 Å². The van der Waals surface area contributed by atoms with Crippen molar-refractivity contribution < 1.29 is 19.1 Å². The monoisotopic (exact) mass is 404 g/mol. The number of carbonyl (C=O) groups is 3. The van der Waals surface area contributed by atoms with Gasteiger partial charge in [0.1, 0.15) is 0 Å². The smallest absolute Gasteiger partial charge is 0.251 e. The Morgan fingerprint density at radius 3 is 2.70 bits per heavy atom. The summed E-state index contributed by atoms with van der Waals surface area (Å²) in [6.45, 7) is 0.537.